The zero-order valence-electron chi connectivity index (χ0n) is 11.9. The van der Waals surface area contributed by atoms with Crippen LogP contribution < -0.4 is 10.2 Å². The second-order valence-electron chi connectivity index (χ2n) is 5.63. The first-order chi connectivity index (χ1) is 8.61. The van der Waals surface area contributed by atoms with Crippen LogP contribution in [-0.2, 0) is 0 Å². The minimum atomic E-state index is 0.350. The van der Waals surface area contributed by atoms with Gasteiger partial charge < -0.3 is 10.2 Å². The van der Waals surface area contributed by atoms with Crippen molar-refractivity contribution in [3.8, 4) is 0 Å². The summed E-state index contributed by atoms with van der Waals surface area (Å²) in [4.78, 5) is 7.21. The monoisotopic (exact) mass is 267 g/mol. The smallest absolute Gasteiger partial charge is 0.185 e. The Morgan fingerprint density at radius 2 is 2.00 bits per heavy atom. The van der Waals surface area contributed by atoms with Gasteiger partial charge in [-0.2, -0.15) is 0 Å². The number of piperidine rings is 1. The van der Waals surface area contributed by atoms with Crippen molar-refractivity contribution in [3.05, 3.63) is 11.1 Å². The van der Waals surface area contributed by atoms with E-state index in [1.807, 2.05) is 7.05 Å². The maximum absolute atomic E-state index is 4.76. The summed E-state index contributed by atoms with van der Waals surface area (Å²) in [6.07, 6.45) is 2.63. The summed E-state index contributed by atoms with van der Waals surface area (Å²) in [5.41, 5.74) is 1.17. The summed E-state index contributed by atoms with van der Waals surface area (Å²) >= 11 is 1.78. The van der Waals surface area contributed by atoms with Gasteiger partial charge in [0.1, 0.15) is 0 Å². The molecule has 0 bridgehead atoms. The fraction of sp³-hybridized carbons (Fsp3) is 0.786. The maximum atomic E-state index is 4.76. The van der Waals surface area contributed by atoms with Crippen molar-refractivity contribution in [1.29, 1.82) is 0 Å². The molecule has 0 amide bonds. The zero-order chi connectivity index (χ0) is 13.1. The first-order valence-electron chi connectivity index (χ1n) is 6.99. The minimum absolute atomic E-state index is 0.350. The molecule has 2 heterocycles. The van der Waals surface area contributed by atoms with E-state index in [1.54, 1.807) is 11.3 Å². The molecule has 2 rings (SSSR count). The number of rotatable bonds is 4. The second kappa shape index (κ2) is 6.02. The average molecular weight is 267 g/mol. The van der Waals surface area contributed by atoms with Crippen LogP contribution in [-0.4, -0.2) is 25.1 Å². The lowest BCUT2D eigenvalue weighted by Gasteiger charge is -2.33. The Kier molecular flexibility index (Phi) is 4.62. The van der Waals surface area contributed by atoms with Crippen molar-refractivity contribution in [3.63, 3.8) is 0 Å². The maximum Gasteiger partial charge on any atom is 0.185 e. The molecule has 1 fully saturated rings. The van der Waals surface area contributed by atoms with Crippen LogP contribution in [0.3, 0.4) is 0 Å². The van der Waals surface area contributed by atoms with Crippen LogP contribution in [0.15, 0.2) is 5.38 Å². The van der Waals surface area contributed by atoms with Gasteiger partial charge in [0.15, 0.2) is 5.13 Å². The lowest BCUT2D eigenvalue weighted by atomic mass is 9.87. The van der Waals surface area contributed by atoms with E-state index in [2.05, 4.69) is 36.4 Å². The summed E-state index contributed by atoms with van der Waals surface area (Å²) in [6.45, 7) is 9.18. The molecule has 102 valence electrons. The number of hydrogen-bond donors (Lipinski definition) is 1. The summed E-state index contributed by atoms with van der Waals surface area (Å²) < 4.78 is 0. The normalized spacial score (nSPS) is 19.5. The summed E-state index contributed by atoms with van der Waals surface area (Å²) in [7, 11) is 1.98. The van der Waals surface area contributed by atoms with E-state index in [0.717, 1.165) is 11.8 Å². The second-order valence-corrected chi connectivity index (χ2v) is 6.47. The Bertz CT molecular complexity index is 367. The lowest BCUT2D eigenvalue weighted by Crippen LogP contribution is -2.35. The molecule has 1 unspecified atom stereocenters. The molecule has 1 aromatic rings. The number of thiazole rings is 1. The molecule has 1 atom stereocenters. The Labute approximate surface area is 115 Å². The van der Waals surface area contributed by atoms with Gasteiger partial charge in [-0.15, -0.1) is 11.3 Å². The van der Waals surface area contributed by atoms with Crippen molar-refractivity contribution < 1.29 is 0 Å². The molecule has 4 heteroatoms. The first-order valence-corrected chi connectivity index (χ1v) is 7.87. The number of aromatic nitrogens is 1. The molecule has 1 N–H and O–H groups in total. The van der Waals surface area contributed by atoms with Crippen molar-refractivity contribution >= 4 is 16.5 Å². The summed E-state index contributed by atoms with van der Waals surface area (Å²) in [6, 6.07) is 0.350. The van der Waals surface area contributed by atoms with Gasteiger partial charge in [0.2, 0.25) is 0 Å². The molecule has 0 spiro atoms. The van der Waals surface area contributed by atoms with Gasteiger partial charge in [0.25, 0.3) is 0 Å². The van der Waals surface area contributed by atoms with E-state index in [9.17, 15) is 0 Å². The largest absolute Gasteiger partial charge is 0.348 e. The Morgan fingerprint density at radius 1 is 1.33 bits per heavy atom. The predicted octanol–water partition coefficient (Wildman–Crippen LogP) is 3.30. The van der Waals surface area contributed by atoms with Crippen molar-refractivity contribution in [2.75, 3.05) is 25.0 Å². The molecule has 0 radical (unpaired) electrons. The van der Waals surface area contributed by atoms with Gasteiger partial charge in [-0.1, -0.05) is 13.8 Å². The molecule has 1 aromatic heterocycles. The molecule has 3 nitrogen and oxygen atoms in total. The number of hydrogen-bond acceptors (Lipinski definition) is 4. The fourth-order valence-electron chi connectivity index (χ4n) is 2.53. The third kappa shape index (κ3) is 3.04. The van der Waals surface area contributed by atoms with Crippen molar-refractivity contribution in [2.45, 2.75) is 39.7 Å². The van der Waals surface area contributed by atoms with Gasteiger partial charge in [0, 0.05) is 24.5 Å². The van der Waals surface area contributed by atoms with Crippen LogP contribution in [0.2, 0.25) is 0 Å². The van der Waals surface area contributed by atoms with Crippen LogP contribution in [0, 0.1) is 11.8 Å². The van der Waals surface area contributed by atoms with E-state index in [0.29, 0.717) is 6.04 Å². The molecular formula is C14H25N3S. The Balaban J connectivity index is 1.95. The SMILES string of the molecule is CNC(C)c1csc(N2CCC(C(C)C)CC2)n1. The van der Waals surface area contributed by atoms with E-state index in [4.69, 9.17) is 4.98 Å². The van der Waals surface area contributed by atoms with Gasteiger partial charge in [0.05, 0.1) is 5.69 Å². The fourth-order valence-corrected chi connectivity index (χ4v) is 3.50. The van der Waals surface area contributed by atoms with Gasteiger partial charge >= 0.3 is 0 Å². The quantitative estimate of drug-likeness (QED) is 0.907. The standard InChI is InChI=1S/C14H25N3S/c1-10(2)12-5-7-17(8-6-12)14-16-13(9-18-14)11(3)15-4/h9-12,15H,5-8H2,1-4H3. The minimum Gasteiger partial charge on any atom is -0.348 e. The van der Waals surface area contributed by atoms with Crippen molar-refractivity contribution in [2.24, 2.45) is 11.8 Å². The topological polar surface area (TPSA) is 28.2 Å². The van der Waals surface area contributed by atoms with Gasteiger partial charge in [-0.3, -0.25) is 0 Å². The van der Waals surface area contributed by atoms with Gasteiger partial charge in [-0.25, -0.2) is 4.98 Å². The van der Waals surface area contributed by atoms with Crippen LogP contribution in [0.4, 0.5) is 5.13 Å². The number of anilines is 1. The van der Waals surface area contributed by atoms with Crippen molar-refractivity contribution in [1.82, 2.24) is 10.3 Å². The molecule has 0 saturated carbocycles. The number of nitrogens with zero attached hydrogens (tertiary/aromatic N) is 2. The highest BCUT2D eigenvalue weighted by Gasteiger charge is 2.23. The summed E-state index contributed by atoms with van der Waals surface area (Å²) in [5.74, 6) is 1.72. The zero-order valence-corrected chi connectivity index (χ0v) is 12.8. The van der Waals surface area contributed by atoms with Crippen LogP contribution in [0.5, 0.6) is 0 Å². The molecule has 0 aliphatic carbocycles. The van der Waals surface area contributed by atoms with Crippen LogP contribution in [0.1, 0.15) is 45.3 Å². The average Bonchev–Trinajstić information content (AvgIpc) is 2.87. The third-order valence-corrected chi connectivity index (χ3v) is 5.06. The first kappa shape index (κ1) is 13.8. The Hall–Kier alpha value is -0.610. The van der Waals surface area contributed by atoms with E-state index in [-0.39, 0.29) is 0 Å². The highest BCUT2D eigenvalue weighted by atomic mass is 32.1. The summed E-state index contributed by atoms with van der Waals surface area (Å²) in [5, 5.41) is 6.63. The Morgan fingerprint density at radius 3 is 2.56 bits per heavy atom. The third-order valence-electron chi connectivity index (χ3n) is 4.14. The molecular weight excluding hydrogens is 242 g/mol. The lowest BCUT2D eigenvalue weighted by molar-refractivity contribution is 0.311. The molecule has 1 aliphatic rings. The van der Waals surface area contributed by atoms with Gasteiger partial charge in [-0.05, 0) is 38.6 Å². The van der Waals surface area contributed by atoms with E-state index >= 15 is 0 Å². The van der Waals surface area contributed by atoms with Crippen LogP contribution in [0.25, 0.3) is 0 Å². The molecule has 18 heavy (non-hydrogen) atoms. The highest BCUT2D eigenvalue weighted by Crippen LogP contribution is 2.30. The predicted molar refractivity (Wildman–Crippen MR) is 79.4 cm³/mol. The molecule has 1 aliphatic heterocycles. The van der Waals surface area contributed by atoms with Crippen LogP contribution >= 0.6 is 11.3 Å². The molecule has 0 aromatic carbocycles. The number of nitrogens with one attached hydrogen (secondary N) is 1. The molecule has 1 saturated heterocycles. The van der Waals surface area contributed by atoms with E-state index in [1.165, 1.54) is 36.8 Å². The van der Waals surface area contributed by atoms with E-state index < -0.39 is 0 Å². The highest BCUT2D eigenvalue weighted by molar-refractivity contribution is 7.13.